The molecular weight excluding hydrogens is 280 g/mol. The first kappa shape index (κ1) is 14.3. The molecule has 8 nitrogen and oxygen atoms in total. The van der Waals surface area contributed by atoms with Gasteiger partial charge in [-0.3, -0.25) is 20.2 Å². The maximum Gasteiger partial charge on any atom is 0.265 e. The Kier molecular flexibility index (Phi) is 3.91. The standard InChI is InChI=1S/C11H16N6O2S/c1-3-8-10(7-17(2)15-8)16-20(18,19)11-6-13-5-4-9(11)14-12/h4-7,16H,3,12H2,1-2H3,(H,13,14). The number of nitrogens with zero attached hydrogens (tertiary/aromatic N) is 3. The van der Waals surface area contributed by atoms with Gasteiger partial charge >= 0.3 is 0 Å². The van der Waals surface area contributed by atoms with E-state index in [1.54, 1.807) is 17.9 Å². The fourth-order valence-electron chi connectivity index (χ4n) is 1.79. The van der Waals surface area contributed by atoms with Crippen LogP contribution in [-0.4, -0.2) is 23.2 Å². The maximum absolute atomic E-state index is 12.4. The molecule has 0 aromatic carbocycles. The van der Waals surface area contributed by atoms with Crippen LogP contribution in [0.15, 0.2) is 29.6 Å². The van der Waals surface area contributed by atoms with E-state index < -0.39 is 10.0 Å². The van der Waals surface area contributed by atoms with Crippen LogP contribution in [-0.2, 0) is 23.5 Å². The number of nitrogens with two attached hydrogens (primary N) is 1. The SMILES string of the molecule is CCc1nn(C)cc1NS(=O)(=O)c1cnccc1NN. The fourth-order valence-corrected chi connectivity index (χ4v) is 2.98. The molecule has 0 saturated carbocycles. The lowest BCUT2D eigenvalue weighted by Gasteiger charge is -2.10. The molecule has 4 N–H and O–H groups in total. The number of aromatic nitrogens is 3. The Morgan fingerprint density at radius 3 is 2.80 bits per heavy atom. The normalized spacial score (nSPS) is 11.3. The number of aryl methyl sites for hydroxylation is 2. The van der Waals surface area contributed by atoms with E-state index in [1.807, 2.05) is 6.92 Å². The van der Waals surface area contributed by atoms with E-state index in [0.717, 1.165) is 0 Å². The van der Waals surface area contributed by atoms with Crippen LogP contribution in [0, 0.1) is 0 Å². The van der Waals surface area contributed by atoms with Crippen molar-refractivity contribution in [3.63, 3.8) is 0 Å². The molecule has 2 aromatic heterocycles. The van der Waals surface area contributed by atoms with E-state index in [4.69, 9.17) is 5.84 Å². The zero-order chi connectivity index (χ0) is 14.8. The maximum atomic E-state index is 12.4. The predicted molar refractivity (Wildman–Crippen MR) is 75.4 cm³/mol. The van der Waals surface area contributed by atoms with Gasteiger partial charge in [0.25, 0.3) is 10.0 Å². The average Bonchev–Trinajstić information content (AvgIpc) is 2.77. The number of sulfonamides is 1. The highest BCUT2D eigenvalue weighted by Crippen LogP contribution is 2.23. The number of hydrogen-bond acceptors (Lipinski definition) is 6. The quantitative estimate of drug-likeness (QED) is 0.545. The Morgan fingerprint density at radius 2 is 2.15 bits per heavy atom. The molecule has 9 heteroatoms. The van der Waals surface area contributed by atoms with Crippen LogP contribution in [0.2, 0.25) is 0 Å². The number of nitrogen functional groups attached to an aromatic ring is 1. The highest BCUT2D eigenvalue weighted by atomic mass is 32.2. The summed E-state index contributed by atoms with van der Waals surface area (Å²) >= 11 is 0. The van der Waals surface area contributed by atoms with Gasteiger partial charge in [0.1, 0.15) is 4.90 Å². The van der Waals surface area contributed by atoms with Crippen LogP contribution in [0.3, 0.4) is 0 Å². The topological polar surface area (TPSA) is 115 Å². The van der Waals surface area contributed by atoms with Crippen LogP contribution in [0.5, 0.6) is 0 Å². The molecule has 0 bridgehead atoms. The molecule has 0 saturated heterocycles. The predicted octanol–water partition coefficient (Wildman–Crippen LogP) is 0.464. The molecule has 20 heavy (non-hydrogen) atoms. The van der Waals surface area contributed by atoms with Crippen molar-refractivity contribution in [2.24, 2.45) is 12.9 Å². The summed E-state index contributed by atoms with van der Waals surface area (Å²) in [4.78, 5) is 3.79. The van der Waals surface area contributed by atoms with Crippen molar-refractivity contribution >= 4 is 21.4 Å². The lowest BCUT2D eigenvalue weighted by Crippen LogP contribution is -2.18. The molecule has 108 valence electrons. The molecule has 0 atom stereocenters. The molecule has 0 aliphatic heterocycles. The van der Waals surface area contributed by atoms with Crippen molar-refractivity contribution in [3.8, 4) is 0 Å². The van der Waals surface area contributed by atoms with Crippen molar-refractivity contribution in [2.45, 2.75) is 18.2 Å². The monoisotopic (exact) mass is 296 g/mol. The summed E-state index contributed by atoms with van der Waals surface area (Å²) in [5.41, 5.74) is 3.73. The molecule has 0 unspecified atom stereocenters. The minimum Gasteiger partial charge on any atom is -0.323 e. The van der Waals surface area contributed by atoms with Gasteiger partial charge in [0.05, 0.1) is 17.1 Å². The lowest BCUT2D eigenvalue weighted by molar-refractivity contribution is 0.601. The highest BCUT2D eigenvalue weighted by molar-refractivity contribution is 7.92. The number of nitrogens with one attached hydrogen (secondary N) is 2. The van der Waals surface area contributed by atoms with Gasteiger partial charge < -0.3 is 5.43 Å². The summed E-state index contributed by atoms with van der Waals surface area (Å²) in [6.45, 7) is 1.90. The van der Waals surface area contributed by atoms with Crippen molar-refractivity contribution < 1.29 is 8.42 Å². The minimum absolute atomic E-state index is 0.0200. The van der Waals surface area contributed by atoms with Gasteiger partial charge in [0, 0.05) is 25.6 Å². The molecular formula is C11H16N6O2S. The van der Waals surface area contributed by atoms with Gasteiger partial charge in [-0.2, -0.15) is 5.10 Å². The van der Waals surface area contributed by atoms with Gasteiger partial charge in [-0.05, 0) is 12.5 Å². The third-order valence-corrected chi connectivity index (χ3v) is 4.11. The van der Waals surface area contributed by atoms with E-state index in [0.29, 0.717) is 17.8 Å². The molecule has 2 heterocycles. The Bertz CT molecular complexity index is 709. The Labute approximate surface area is 117 Å². The third kappa shape index (κ3) is 2.73. The Morgan fingerprint density at radius 1 is 1.40 bits per heavy atom. The number of pyridine rings is 1. The molecule has 0 aliphatic rings. The number of rotatable bonds is 5. The van der Waals surface area contributed by atoms with E-state index in [1.165, 1.54) is 18.5 Å². The summed E-state index contributed by atoms with van der Waals surface area (Å²) in [6.07, 6.45) is 4.92. The Balaban J connectivity index is 2.40. The van der Waals surface area contributed by atoms with Crippen molar-refractivity contribution in [2.75, 3.05) is 10.1 Å². The smallest absolute Gasteiger partial charge is 0.265 e. The summed E-state index contributed by atoms with van der Waals surface area (Å²) in [5.74, 6) is 5.31. The first-order valence-electron chi connectivity index (χ1n) is 5.94. The van der Waals surface area contributed by atoms with Gasteiger partial charge in [-0.1, -0.05) is 6.92 Å². The largest absolute Gasteiger partial charge is 0.323 e. The summed E-state index contributed by atoms with van der Waals surface area (Å²) < 4.78 is 28.8. The van der Waals surface area contributed by atoms with Crippen LogP contribution < -0.4 is 16.0 Å². The number of hydrazine groups is 1. The third-order valence-electron chi connectivity index (χ3n) is 2.71. The highest BCUT2D eigenvalue weighted by Gasteiger charge is 2.21. The Hall–Kier alpha value is -2.13. The fraction of sp³-hybridized carbons (Fsp3) is 0.273. The molecule has 0 radical (unpaired) electrons. The van der Waals surface area contributed by atoms with Crippen molar-refractivity contribution in [1.82, 2.24) is 14.8 Å². The molecule has 2 aromatic rings. The van der Waals surface area contributed by atoms with Crippen LogP contribution in [0.25, 0.3) is 0 Å². The van der Waals surface area contributed by atoms with Gasteiger partial charge in [0.2, 0.25) is 0 Å². The van der Waals surface area contributed by atoms with E-state index in [-0.39, 0.29) is 10.6 Å². The van der Waals surface area contributed by atoms with Crippen LogP contribution in [0.1, 0.15) is 12.6 Å². The minimum atomic E-state index is -3.78. The summed E-state index contributed by atoms with van der Waals surface area (Å²) in [6, 6.07) is 1.48. The van der Waals surface area contributed by atoms with Crippen molar-refractivity contribution in [1.29, 1.82) is 0 Å². The second-order valence-corrected chi connectivity index (χ2v) is 5.79. The average molecular weight is 296 g/mol. The van der Waals surface area contributed by atoms with Gasteiger partial charge in [-0.15, -0.1) is 0 Å². The first-order chi connectivity index (χ1) is 9.47. The molecule has 0 aliphatic carbocycles. The van der Waals surface area contributed by atoms with E-state index in [9.17, 15) is 8.42 Å². The summed E-state index contributed by atoms with van der Waals surface area (Å²) in [5, 5.41) is 4.18. The zero-order valence-corrected chi connectivity index (χ0v) is 12.0. The zero-order valence-electron chi connectivity index (χ0n) is 11.2. The van der Waals surface area contributed by atoms with Crippen molar-refractivity contribution in [3.05, 3.63) is 30.4 Å². The molecule has 0 spiro atoms. The number of anilines is 2. The molecule has 2 rings (SSSR count). The lowest BCUT2D eigenvalue weighted by atomic mass is 10.3. The van der Waals surface area contributed by atoms with E-state index >= 15 is 0 Å². The second kappa shape index (κ2) is 5.47. The van der Waals surface area contributed by atoms with Crippen LogP contribution in [0.4, 0.5) is 11.4 Å². The molecule has 0 amide bonds. The number of hydrogen-bond donors (Lipinski definition) is 3. The summed E-state index contributed by atoms with van der Waals surface area (Å²) in [7, 11) is -2.05. The van der Waals surface area contributed by atoms with Crippen LogP contribution >= 0.6 is 0 Å². The first-order valence-corrected chi connectivity index (χ1v) is 7.42. The van der Waals surface area contributed by atoms with Gasteiger partial charge in [0.15, 0.2) is 0 Å². The second-order valence-electron chi connectivity index (χ2n) is 4.14. The van der Waals surface area contributed by atoms with E-state index in [2.05, 4.69) is 20.2 Å². The molecule has 0 fully saturated rings. The van der Waals surface area contributed by atoms with Gasteiger partial charge in [-0.25, -0.2) is 8.42 Å².